The minimum absolute atomic E-state index is 0.0149. The smallest absolute Gasteiger partial charge is 0.264 e. The van der Waals surface area contributed by atoms with Gasteiger partial charge in [-0.15, -0.1) is 0 Å². The van der Waals surface area contributed by atoms with Gasteiger partial charge in [0, 0.05) is 28.5 Å². The number of anilines is 1. The van der Waals surface area contributed by atoms with E-state index in [0.29, 0.717) is 21.2 Å². The van der Waals surface area contributed by atoms with Gasteiger partial charge in [0.05, 0.1) is 10.6 Å². The lowest BCUT2D eigenvalue weighted by molar-refractivity contribution is -0.140. The van der Waals surface area contributed by atoms with E-state index < -0.39 is 34.1 Å². The van der Waals surface area contributed by atoms with Crippen LogP contribution in [0.1, 0.15) is 37.5 Å². The van der Waals surface area contributed by atoms with E-state index in [0.717, 1.165) is 9.87 Å². The SMILES string of the molecule is Cc1c(Cl)cccc1N(CC(=O)N(Cc1ccccc1Cl)[C@@H](Cc1ccccc1)C(=O)NC(C)(C)C)S(=O)(=O)c1ccccc1. The molecule has 0 spiro atoms. The molecule has 0 fully saturated rings. The molecule has 4 aromatic rings. The van der Waals surface area contributed by atoms with Crippen LogP contribution in [0.15, 0.2) is 108 Å². The summed E-state index contributed by atoms with van der Waals surface area (Å²) in [6, 6.07) is 28.3. The first-order valence-electron chi connectivity index (χ1n) is 14.5. The second-order valence-electron chi connectivity index (χ2n) is 11.8. The molecule has 2 amide bonds. The van der Waals surface area contributed by atoms with Crippen LogP contribution in [0.4, 0.5) is 5.69 Å². The summed E-state index contributed by atoms with van der Waals surface area (Å²) in [5.41, 5.74) is 1.62. The van der Waals surface area contributed by atoms with Crippen molar-refractivity contribution >= 4 is 50.7 Å². The summed E-state index contributed by atoms with van der Waals surface area (Å²) in [5.74, 6) is -0.957. The van der Waals surface area contributed by atoms with Gasteiger partial charge in [-0.1, -0.05) is 96.0 Å². The topological polar surface area (TPSA) is 86.8 Å². The van der Waals surface area contributed by atoms with Crippen molar-refractivity contribution in [2.24, 2.45) is 0 Å². The highest BCUT2D eigenvalue weighted by Gasteiger charge is 2.36. The van der Waals surface area contributed by atoms with E-state index >= 15 is 0 Å². The van der Waals surface area contributed by atoms with Crippen LogP contribution < -0.4 is 9.62 Å². The van der Waals surface area contributed by atoms with Crippen molar-refractivity contribution in [3.8, 4) is 0 Å². The average Bonchev–Trinajstić information content (AvgIpc) is 3.00. The maximum absolute atomic E-state index is 14.6. The Morgan fingerprint density at radius 1 is 0.800 bits per heavy atom. The van der Waals surface area contributed by atoms with Gasteiger partial charge >= 0.3 is 0 Å². The zero-order valence-electron chi connectivity index (χ0n) is 25.7. The van der Waals surface area contributed by atoms with Gasteiger partial charge < -0.3 is 10.2 Å². The molecule has 0 aliphatic heterocycles. The minimum Gasteiger partial charge on any atom is -0.350 e. The molecule has 0 aromatic heterocycles. The molecule has 1 atom stereocenters. The average molecular weight is 667 g/mol. The van der Waals surface area contributed by atoms with Crippen molar-refractivity contribution in [1.29, 1.82) is 0 Å². The Balaban J connectivity index is 1.85. The quantitative estimate of drug-likeness (QED) is 0.186. The van der Waals surface area contributed by atoms with E-state index in [9.17, 15) is 18.0 Å². The zero-order chi connectivity index (χ0) is 32.8. The number of nitrogens with zero attached hydrogens (tertiary/aromatic N) is 2. The van der Waals surface area contributed by atoms with Crippen molar-refractivity contribution < 1.29 is 18.0 Å². The molecule has 0 radical (unpaired) electrons. The monoisotopic (exact) mass is 665 g/mol. The molecule has 0 saturated carbocycles. The van der Waals surface area contributed by atoms with E-state index in [4.69, 9.17) is 23.2 Å². The molecule has 0 aliphatic carbocycles. The minimum atomic E-state index is -4.24. The zero-order valence-corrected chi connectivity index (χ0v) is 28.0. The Morgan fingerprint density at radius 2 is 1.38 bits per heavy atom. The van der Waals surface area contributed by atoms with Gasteiger partial charge in [-0.3, -0.25) is 13.9 Å². The van der Waals surface area contributed by atoms with E-state index in [1.807, 2.05) is 51.1 Å². The Bertz CT molecular complexity index is 1740. The molecule has 0 saturated heterocycles. The molecule has 7 nitrogen and oxygen atoms in total. The van der Waals surface area contributed by atoms with E-state index in [1.165, 1.54) is 17.0 Å². The first kappa shape index (κ1) is 34.0. The van der Waals surface area contributed by atoms with E-state index in [2.05, 4.69) is 5.32 Å². The van der Waals surface area contributed by atoms with Crippen molar-refractivity contribution in [3.05, 3.63) is 130 Å². The van der Waals surface area contributed by atoms with Crippen LogP contribution in [-0.4, -0.2) is 43.3 Å². The third kappa shape index (κ3) is 8.66. The van der Waals surface area contributed by atoms with Gasteiger partial charge in [-0.05, 0) is 74.7 Å². The van der Waals surface area contributed by atoms with Crippen molar-refractivity contribution in [1.82, 2.24) is 10.2 Å². The van der Waals surface area contributed by atoms with Crippen LogP contribution in [0.25, 0.3) is 0 Å². The first-order valence-corrected chi connectivity index (χ1v) is 16.7. The second kappa shape index (κ2) is 14.5. The van der Waals surface area contributed by atoms with Gasteiger partial charge in [0.25, 0.3) is 10.0 Å². The maximum atomic E-state index is 14.6. The van der Waals surface area contributed by atoms with Gasteiger partial charge in [0.15, 0.2) is 0 Å². The molecule has 4 aromatic carbocycles. The number of halogens is 2. The van der Waals surface area contributed by atoms with Crippen molar-refractivity contribution in [3.63, 3.8) is 0 Å². The molecule has 4 rings (SSSR count). The van der Waals surface area contributed by atoms with Crippen LogP contribution in [-0.2, 0) is 32.6 Å². The predicted octanol–water partition coefficient (Wildman–Crippen LogP) is 7.05. The number of hydrogen-bond donors (Lipinski definition) is 1. The summed E-state index contributed by atoms with van der Waals surface area (Å²) < 4.78 is 29.4. The number of sulfonamides is 1. The van der Waals surface area contributed by atoms with E-state index in [-0.39, 0.29) is 29.5 Å². The molecule has 236 valence electrons. The highest BCUT2D eigenvalue weighted by atomic mass is 35.5. The Labute approximate surface area is 275 Å². The Morgan fingerprint density at radius 3 is 2.00 bits per heavy atom. The maximum Gasteiger partial charge on any atom is 0.264 e. The van der Waals surface area contributed by atoms with Gasteiger partial charge in [-0.2, -0.15) is 0 Å². The predicted molar refractivity (Wildman–Crippen MR) is 181 cm³/mol. The molecule has 0 bridgehead atoms. The second-order valence-corrected chi connectivity index (χ2v) is 14.4. The number of rotatable bonds is 11. The lowest BCUT2D eigenvalue weighted by atomic mass is 10.0. The summed E-state index contributed by atoms with van der Waals surface area (Å²) in [4.78, 5) is 30.0. The number of benzene rings is 4. The van der Waals surface area contributed by atoms with Crippen molar-refractivity contribution in [2.75, 3.05) is 10.8 Å². The molecular weight excluding hydrogens is 629 g/mol. The Kier molecular flexibility index (Phi) is 11.0. The standard InChI is InChI=1S/C35H37Cl2N3O4S/c1-25-29(36)20-13-21-31(25)40(45(43,44)28-17-9-6-10-18-28)24-33(41)39(23-27-16-11-12-19-30(27)37)32(34(42)38-35(2,3)4)22-26-14-7-5-8-15-26/h5-21,32H,22-24H2,1-4H3,(H,38,42)/t32-/m0/s1. The molecular formula is C35H37Cl2N3O4S. The normalized spacial score (nSPS) is 12.3. The molecule has 10 heteroatoms. The fourth-order valence-corrected chi connectivity index (χ4v) is 6.77. The summed E-state index contributed by atoms with van der Waals surface area (Å²) in [6.07, 6.45) is 0.195. The van der Waals surface area contributed by atoms with Gasteiger partial charge in [0.1, 0.15) is 12.6 Å². The van der Waals surface area contributed by atoms with Crippen LogP contribution in [0.3, 0.4) is 0 Å². The summed E-state index contributed by atoms with van der Waals surface area (Å²) in [7, 11) is -4.24. The largest absolute Gasteiger partial charge is 0.350 e. The van der Waals surface area contributed by atoms with Gasteiger partial charge in [0.2, 0.25) is 11.8 Å². The number of carbonyl (C=O) groups excluding carboxylic acids is 2. The third-order valence-corrected chi connectivity index (χ3v) is 9.74. The number of nitrogens with one attached hydrogen (secondary N) is 1. The number of hydrogen-bond acceptors (Lipinski definition) is 4. The summed E-state index contributed by atoms with van der Waals surface area (Å²) in [6.45, 7) is 6.67. The number of carbonyl (C=O) groups is 2. The lowest BCUT2D eigenvalue weighted by Gasteiger charge is -2.35. The molecule has 1 N–H and O–H groups in total. The number of amides is 2. The molecule has 0 heterocycles. The fraction of sp³-hybridized carbons (Fsp3) is 0.257. The summed E-state index contributed by atoms with van der Waals surface area (Å²) >= 11 is 13.0. The molecule has 0 aliphatic rings. The fourth-order valence-electron chi connectivity index (χ4n) is 4.92. The van der Waals surface area contributed by atoms with E-state index in [1.54, 1.807) is 67.6 Å². The van der Waals surface area contributed by atoms with Crippen LogP contribution in [0.2, 0.25) is 10.0 Å². The molecule has 0 unspecified atom stereocenters. The highest BCUT2D eigenvalue weighted by Crippen LogP contribution is 2.31. The highest BCUT2D eigenvalue weighted by molar-refractivity contribution is 7.92. The van der Waals surface area contributed by atoms with Crippen molar-refractivity contribution in [2.45, 2.75) is 57.1 Å². The van der Waals surface area contributed by atoms with Gasteiger partial charge in [-0.25, -0.2) is 8.42 Å². The third-order valence-electron chi connectivity index (χ3n) is 7.19. The van der Waals surface area contributed by atoms with Crippen LogP contribution in [0, 0.1) is 6.92 Å². The van der Waals surface area contributed by atoms with Crippen LogP contribution >= 0.6 is 23.2 Å². The van der Waals surface area contributed by atoms with Crippen LogP contribution in [0.5, 0.6) is 0 Å². The Hall–Kier alpha value is -3.85. The first-order chi connectivity index (χ1) is 21.3. The molecule has 45 heavy (non-hydrogen) atoms. The lowest BCUT2D eigenvalue weighted by Crippen LogP contribution is -2.56. The summed E-state index contributed by atoms with van der Waals surface area (Å²) in [5, 5.41) is 3.79.